The molecule has 0 fully saturated rings. The number of ether oxygens (including phenoxy) is 1. The molecule has 2 rings (SSSR count). The number of methoxy groups -OCH3 is 1. The quantitative estimate of drug-likeness (QED) is 0.851. The van der Waals surface area contributed by atoms with Crippen molar-refractivity contribution in [2.45, 2.75) is 6.54 Å². The van der Waals surface area contributed by atoms with Crippen LogP contribution in [0.2, 0.25) is 5.02 Å². The van der Waals surface area contributed by atoms with Crippen LogP contribution in [0.25, 0.3) is 0 Å². The fourth-order valence-corrected chi connectivity index (χ4v) is 1.92. The van der Waals surface area contributed by atoms with Crippen molar-refractivity contribution in [1.82, 2.24) is 5.32 Å². The van der Waals surface area contributed by atoms with Crippen molar-refractivity contribution in [3.8, 4) is 5.75 Å². The molecule has 0 heterocycles. The van der Waals surface area contributed by atoms with Crippen LogP contribution in [-0.2, 0) is 6.54 Å². The number of amides is 1. The van der Waals surface area contributed by atoms with Crippen molar-refractivity contribution in [1.29, 1.82) is 0 Å². The lowest BCUT2D eigenvalue weighted by Crippen LogP contribution is -2.23. The zero-order valence-corrected chi connectivity index (χ0v) is 11.8. The average Bonchev–Trinajstić information content (AvgIpc) is 2.47. The predicted octanol–water partition coefficient (Wildman–Crippen LogP) is 2.86. The van der Waals surface area contributed by atoms with Crippen LogP contribution in [0.1, 0.15) is 15.9 Å². The molecule has 0 saturated heterocycles. The van der Waals surface area contributed by atoms with Gasteiger partial charge in [0.05, 0.1) is 12.7 Å². The molecule has 5 heteroatoms. The summed E-state index contributed by atoms with van der Waals surface area (Å²) in [7, 11) is 1.61. The lowest BCUT2D eigenvalue weighted by molar-refractivity contribution is 0.0952. The van der Waals surface area contributed by atoms with E-state index in [4.69, 9.17) is 22.1 Å². The Morgan fingerprint density at radius 1 is 1.25 bits per heavy atom. The molecule has 0 unspecified atom stereocenters. The maximum atomic E-state index is 12.0. The van der Waals surface area contributed by atoms with Crippen molar-refractivity contribution in [3.63, 3.8) is 0 Å². The molecule has 2 aromatic rings. The SMILES string of the molecule is COc1ccc(CNC(=O)c2cc(Cl)ccc2N)cc1. The number of nitrogens with two attached hydrogens (primary N) is 1. The van der Waals surface area contributed by atoms with E-state index in [-0.39, 0.29) is 5.91 Å². The Morgan fingerprint density at radius 3 is 2.60 bits per heavy atom. The minimum absolute atomic E-state index is 0.249. The summed E-state index contributed by atoms with van der Waals surface area (Å²) in [6, 6.07) is 12.3. The molecule has 0 aliphatic heterocycles. The van der Waals surface area contributed by atoms with E-state index < -0.39 is 0 Å². The summed E-state index contributed by atoms with van der Waals surface area (Å²) in [6.07, 6.45) is 0. The van der Waals surface area contributed by atoms with Gasteiger partial charge in [-0.3, -0.25) is 4.79 Å². The van der Waals surface area contributed by atoms with E-state index >= 15 is 0 Å². The van der Waals surface area contributed by atoms with Crippen LogP contribution >= 0.6 is 11.6 Å². The van der Waals surface area contributed by atoms with E-state index in [1.807, 2.05) is 24.3 Å². The third kappa shape index (κ3) is 3.42. The Kier molecular flexibility index (Phi) is 4.48. The van der Waals surface area contributed by atoms with Gasteiger partial charge in [0.2, 0.25) is 0 Å². The number of rotatable bonds is 4. The first kappa shape index (κ1) is 14.2. The molecule has 2 aromatic carbocycles. The van der Waals surface area contributed by atoms with Gasteiger partial charge in [-0.05, 0) is 35.9 Å². The number of nitrogens with one attached hydrogen (secondary N) is 1. The summed E-state index contributed by atoms with van der Waals surface area (Å²) in [6.45, 7) is 0.411. The molecular formula is C15H15ClN2O2. The van der Waals surface area contributed by atoms with Crippen LogP contribution < -0.4 is 15.8 Å². The van der Waals surface area contributed by atoms with Gasteiger partial charge in [0.1, 0.15) is 5.75 Å². The Hall–Kier alpha value is -2.20. The number of carbonyl (C=O) groups is 1. The first-order chi connectivity index (χ1) is 9.60. The molecule has 0 aromatic heterocycles. The molecule has 0 radical (unpaired) electrons. The van der Waals surface area contributed by atoms with Crippen LogP contribution in [0.15, 0.2) is 42.5 Å². The van der Waals surface area contributed by atoms with Crippen molar-refractivity contribution in [2.24, 2.45) is 0 Å². The molecular weight excluding hydrogens is 276 g/mol. The molecule has 0 spiro atoms. The second kappa shape index (κ2) is 6.30. The summed E-state index contributed by atoms with van der Waals surface area (Å²) in [5, 5.41) is 3.28. The van der Waals surface area contributed by atoms with Crippen molar-refractivity contribution in [3.05, 3.63) is 58.6 Å². The Balaban J connectivity index is 2.02. The number of halogens is 1. The zero-order valence-electron chi connectivity index (χ0n) is 11.0. The standard InChI is InChI=1S/C15H15ClN2O2/c1-20-12-5-2-10(3-6-12)9-18-15(19)13-8-11(16)4-7-14(13)17/h2-8H,9,17H2,1H3,(H,18,19). The molecule has 3 N–H and O–H groups in total. The molecule has 0 atom stereocenters. The van der Waals surface area contributed by atoms with Crippen LogP contribution in [0, 0.1) is 0 Å². The summed E-state index contributed by atoms with van der Waals surface area (Å²) in [5.74, 6) is 0.528. The van der Waals surface area contributed by atoms with E-state index in [1.54, 1.807) is 25.3 Å². The molecule has 0 aliphatic rings. The molecule has 0 saturated carbocycles. The summed E-state index contributed by atoms with van der Waals surface area (Å²) in [4.78, 5) is 12.0. The number of carbonyl (C=O) groups excluding carboxylic acids is 1. The third-order valence-electron chi connectivity index (χ3n) is 2.87. The number of benzene rings is 2. The van der Waals surface area contributed by atoms with E-state index in [1.165, 1.54) is 0 Å². The Bertz CT molecular complexity index is 612. The monoisotopic (exact) mass is 290 g/mol. The fraction of sp³-hybridized carbons (Fsp3) is 0.133. The molecule has 20 heavy (non-hydrogen) atoms. The lowest BCUT2D eigenvalue weighted by Gasteiger charge is -2.08. The molecule has 1 amide bonds. The van der Waals surface area contributed by atoms with Crippen LogP contribution in [-0.4, -0.2) is 13.0 Å². The van der Waals surface area contributed by atoms with Gasteiger partial charge in [-0.2, -0.15) is 0 Å². The Labute approximate surface area is 122 Å². The van der Waals surface area contributed by atoms with E-state index in [0.717, 1.165) is 11.3 Å². The highest BCUT2D eigenvalue weighted by atomic mass is 35.5. The van der Waals surface area contributed by atoms with Crippen LogP contribution in [0.4, 0.5) is 5.69 Å². The fourth-order valence-electron chi connectivity index (χ4n) is 1.75. The van der Waals surface area contributed by atoms with Gasteiger partial charge in [-0.15, -0.1) is 0 Å². The number of anilines is 1. The second-order valence-electron chi connectivity index (χ2n) is 4.26. The lowest BCUT2D eigenvalue weighted by atomic mass is 10.1. The topological polar surface area (TPSA) is 64.3 Å². The number of hydrogen-bond donors (Lipinski definition) is 2. The summed E-state index contributed by atoms with van der Waals surface area (Å²) in [5.41, 5.74) is 7.52. The van der Waals surface area contributed by atoms with Gasteiger partial charge >= 0.3 is 0 Å². The minimum Gasteiger partial charge on any atom is -0.497 e. The highest BCUT2D eigenvalue weighted by Gasteiger charge is 2.09. The third-order valence-corrected chi connectivity index (χ3v) is 3.11. The molecule has 0 bridgehead atoms. The average molecular weight is 291 g/mol. The molecule has 104 valence electrons. The number of hydrogen-bond acceptors (Lipinski definition) is 3. The summed E-state index contributed by atoms with van der Waals surface area (Å²) >= 11 is 5.86. The zero-order chi connectivity index (χ0) is 14.5. The van der Waals surface area contributed by atoms with Gasteiger partial charge in [0.25, 0.3) is 5.91 Å². The van der Waals surface area contributed by atoms with Crippen molar-refractivity contribution in [2.75, 3.05) is 12.8 Å². The van der Waals surface area contributed by atoms with Crippen LogP contribution in [0.3, 0.4) is 0 Å². The Morgan fingerprint density at radius 2 is 1.95 bits per heavy atom. The second-order valence-corrected chi connectivity index (χ2v) is 4.70. The van der Waals surface area contributed by atoms with E-state index in [2.05, 4.69) is 5.32 Å². The summed E-state index contributed by atoms with van der Waals surface area (Å²) < 4.78 is 5.07. The van der Waals surface area contributed by atoms with Crippen molar-refractivity contribution >= 4 is 23.2 Å². The minimum atomic E-state index is -0.249. The first-order valence-corrected chi connectivity index (χ1v) is 6.44. The largest absolute Gasteiger partial charge is 0.497 e. The molecule has 4 nitrogen and oxygen atoms in total. The van der Waals surface area contributed by atoms with Gasteiger partial charge in [-0.1, -0.05) is 23.7 Å². The predicted molar refractivity (Wildman–Crippen MR) is 80.0 cm³/mol. The van der Waals surface area contributed by atoms with Gasteiger partial charge in [0.15, 0.2) is 0 Å². The highest BCUT2D eigenvalue weighted by Crippen LogP contribution is 2.18. The first-order valence-electron chi connectivity index (χ1n) is 6.06. The molecule has 0 aliphatic carbocycles. The maximum absolute atomic E-state index is 12.0. The van der Waals surface area contributed by atoms with E-state index in [0.29, 0.717) is 22.8 Å². The normalized spacial score (nSPS) is 10.1. The maximum Gasteiger partial charge on any atom is 0.253 e. The van der Waals surface area contributed by atoms with E-state index in [9.17, 15) is 4.79 Å². The van der Waals surface area contributed by atoms with Crippen molar-refractivity contribution < 1.29 is 9.53 Å². The smallest absolute Gasteiger partial charge is 0.253 e. The van der Waals surface area contributed by atoms with Gasteiger partial charge < -0.3 is 15.8 Å². The number of nitrogen functional groups attached to an aromatic ring is 1. The highest BCUT2D eigenvalue weighted by molar-refractivity contribution is 6.31. The van der Waals surface area contributed by atoms with Gasteiger partial charge in [0, 0.05) is 17.3 Å². The van der Waals surface area contributed by atoms with Crippen LogP contribution in [0.5, 0.6) is 5.75 Å². The van der Waals surface area contributed by atoms with Gasteiger partial charge in [-0.25, -0.2) is 0 Å².